The van der Waals surface area contributed by atoms with Gasteiger partial charge in [-0.3, -0.25) is 24.3 Å². The summed E-state index contributed by atoms with van der Waals surface area (Å²) in [6.07, 6.45) is 1.08. The van der Waals surface area contributed by atoms with E-state index >= 15 is 0 Å². The lowest BCUT2D eigenvalue weighted by molar-refractivity contribution is -0.385. The number of rotatable bonds is 5. The van der Waals surface area contributed by atoms with Crippen molar-refractivity contribution in [2.45, 2.75) is 19.5 Å². The van der Waals surface area contributed by atoms with Gasteiger partial charge in [0.1, 0.15) is 6.54 Å². The zero-order chi connectivity index (χ0) is 17.0. The first kappa shape index (κ1) is 16.4. The standard InChI is InChI=1S/C16H17N3O4/c1-12(13-6-4-3-5-7-13)17(2)16(21)11-18-10-14(19(22)23)8-9-15(18)20/h3-10,12H,11H2,1-2H3/t12-/m1/s1. The van der Waals surface area contributed by atoms with Crippen LogP contribution in [0.3, 0.4) is 0 Å². The van der Waals surface area contributed by atoms with Crippen LogP contribution in [0.4, 0.5) is 5.69 Å². The molecule has 7 heteroatoms. The Hall–Kier alpha value is -2.96. The van der Waals surface area contributed by atoms with E-state index in [0.717, 1.165) is 28.5 Å². The van der Waals surface area contributed by atoms with Crippen molar-refractivity contribution in [3.63, 3.8) is 0 Å². The van der Waals surface area contributed by atoms with Crippen LogP contribution in [0.25, 0.3) is 0 Å². The monoisotopic (exact) mass is 315 g/mol. The molecule has 0 unspecified atom stereocenters. The van der Waals surface area contributed by atoms with Crippen molar-refractivity contribution in [3.05, 3.63) is 74.7 Å². The van der Waals surface area contributed by atoms with Gasteiger partial charge in [0.25, 0.3) is 11.2 Å². The highest BCUT2D eigenvalue weighted by molar-refractivity contribution is 5.76. The number of amides is 1. The highest BCUT2D eigenvalue weighted by Crippen LogP contribution is 2.18. The third kappa shape index (κ3) is 3.82. The topological polar surface area (TPSA) is 85.4 Å². The summed E-state index contributed by atoms with van der Waals surface area (Å²) >= 11 is 0. The predicted molar refractivity (Wildman–Crippen MR) is 85.0 cm³/mol. The van der Waals surface area contributed by atoms with E-state index in [1.165, 1.54) is 4.90 Å². The van der Waals surface area contributed by atoms with Crippen molar-refractivity contribution < 1.29 is 9.72 Å². The molecular formula is C16H17N3O4. The fourth-order valence-corrected chi connectivity index (χ4v) is 2.18. The molecule has 0 fully saturated rings. The number of hydrogen-bond acceptors (Lipinski definition) is 4. The Kier molecular flexibility index (Phi) is 4.90. The molecule has 7 nitrogen and oxygen atoms in total. The van der Waals surface area contributed by atoms with Crippen molar-refractivity contribution in [3.8, 4) is 0 Å². The second-order valence-electron chi connectivity index (χ2n) is 5.20. The molecule has 0 spiro atoms. The number of carbonyl (C=O) groups is 1. The molecule has 0 saturated heterocycles. The van der Waals surface area contributed by atoms with E-state index in [-0.39, 0.29) is 24.2 Å². The molecular weight excluding hydrogens is 298 g/mol. The molecule has 1 atom stereocenters. The third-order valence-electron chi connectivity index (χ3n) is 3.74. The lowest BCUT2D eigenvalue weighted by Crippen LogP contribution is -2.35. The largest absolute Gasteiger partial charge is 0.337 e. The van der Waals surface area contributed by atoms with Gasteiger partial charge >= 0.3 is 0 Å². The molecule has 0 aliphatic carbocycles. The number of carbonyl (C=O) groups excluding carboxylic acids is 1. The number of nitrogens with zero attached hydrogens (tertiary/aromatic N) is 3. The summed E-state index contributed by atoms with van der Waals surface area (Å²) in [6.45, 7) is 1.64. The number of likely N-dealkylation sites (N-methyl/N-ethyl adjacent to an activating group) is 1. The van der Waals surface area contributed by atoms with Gasteiger partial charge in [0.15, 0.2) is 0 Å². The van der Waals surface area contributed by atoms with Gasteiger partial charge in [0.05, 0.1) is 17.2 Å². The fraction of sp³-hybridized carbons (Fsp3) is 0.250. The van der Waals surface area contributed by atoms with Crippen LogP contribution >= 0.6 is 0 Å². The molecule has 0 saturated carbocycles. The van der Waals surface area contributed by atoms with Gasteiger partial charge in [-0.25, -0.2) is 0 Å². The highest BCUT2D eigenvalue weighted by atomic mass is 16.6. The van der Waals surface area contributed by atoms with Crippen LogP contribution in [-0.4, -0.2) is 27.3 Å². The van der Waals surface area contributed by atoms with E-state index in [9.17, 15) is 19.7 Å². The van der Waals surface area contributed by atoms with Crippen LogP contribution in [0, 0.1) is 10.1 Å². The zero-order valence-corrected chi connectivity index (χ0v) is 12.9. The number of aromatic nitrogens is 1. The van der Waals surface area contributed by atoms with Gasteiger partial charge in [-0.1, -0.05) is 30.3 Å². The summed E-state index contributed by atoms with van der Waals surface area (Å²) in [7, 11) is 1.64. The molecule has 1 amide bonds. The van der Waals surface area contributed by atoms with Gasteiger partial charge in [0.2, 0.25) is 5.91 Å². The minimum atomic E-state index is -0.600. The second-order valence-corrected chi connectivity index (χ2v) is 5.20. The van der Waals surface area contributed by atoms with Crippen LogP contribution in [-0.2, 0) is 11.3 Å². The highest BCUT2D eigenvalue weighted by Gasteiger charge is 2.18. The van der Waals surface area contributed by atoms with Crippen LogP contribution in [0.1, 0.15) is 18.5 Å². The molecule has 1 aromatic heterocycles. The number of benzene rings is 1. The number of hydrogen-bond donors (Lipinski definition) is 0. The normalized spacial score (nSPS) is 11.7. The first-order valence-corrected chi connectivity index (χ1v) is 7.05. The maximum Gasteiger partial charge on any atom is 0.285 e. The molecule has 0 N–H and O–H groups in total. The summed E-state index contributed by atoms with van der Waals surface area (Å²) in [5.41, 5.74) is 0.288. The SMILES string of the molecule is C[C@H](c1ccccc1)N(C)C(=O)Cn1cc([N+](=O)[O-])ccc1=O. The predicted octanol–water partition coefficient (Wildman–Crippen LogP) is 1.98. The maximum absolute atomic E-state index is 12.4. The minimum Gasteiger partial charge on any atom is -0.337 e. The van der Waals surface area contributed by atoms with Crippen LogP contribution < -0.4 is 5.56 Å². The Labute approximate surface area is 132 Å². The van der Waals surface area contributed by atoms with Gasteiger partial charge in [-0.2, -0.15) is 0 Å². The van der Waals surface area contributed by atoms with Crippen molar-refractivity contribution >= 4 is 11.6 Å². The Balaban J connectivity index is 2.17. The fourth-order valence-electron chi connectivity index (χ4n) is 2.18. The van der Waals surface area contributed by atoms with E-state index in [4.69, 9.17) is 0 Å². The lowest BCUT2D eigenvalue weighted by atomic mass is 10.1. The average molecular weight is 315 g/mol. The third-order valence-corrected chi connectivity index (χ3v) is 3.74. The molecule has 1 heterocycles. The summed E-state index contributed by atoms with van der Waals surface area (Å²) in [5, 5.41) is 10.8. The van der Waals surface area contributed by atoms with E-state index in [1.807, 2.05) is 37.3 Å². The molecule has 120 valence electrons. The van der Waals surface area contributed by atoms with E-state index in [2.05, 4.69) is 0 Å². The average Bonchev–Trinajstić information content (AvgIpc) is 2.56. The van der Waals surface area contributed by atoms with E-state index in [1.54, 1.807) is 7.05 Å². The van der Waals surface area contributed by atoms with Crippen LogP contribution in [0.2, 0.25) is 0 Å². The van der Waals surface area contributed by atoms with Gasteiger partial charge in [0, 0.05) is 19.2 Å². The quantitative estimate of drug-likeness (QED) is 0.623. The second kappa shape index (κ2) is 6.87. The summed E-state index contributed by atoms with van der Waals surface area (Å²) < 4.78 is 1.05. The molecule has 23 heavy (non-hydrogen) atoms. The van der Waals surface area contributed by atoms with Gasteiger partial charge in [-0.15, -0.1) is 0 Å². The number of pyridine rings is 1. The van der Waals surface area contributed by atoms with E-state index < -0.39 is 10.5 Å². The molecule has 2 rings (SSSR count). The van der Waals surface area contributed by atoms with Crippen LogP contribution in [0.15, 0.2) is 53.5 Å². The smallest absolute Gasteiger partial charge is 0.285 e. The Morgan fingerprint density at radius 2 is 1.91 bits per heavy atom. The molecule has 2 aromatic rings. The lowest BCUT2D eigenvalue weighted by Gasteiger charge is -2.25. The maximum atomic E-state index is 12.4. The summed E-state index contributed by atoms with van der Waals surface area (Å²) in [6, 6.07) is 11.5. The molecule has 0 aliphatic rings. The number of nitro groups is 1. The van der Waals surface area contributed by atoms with Crippen LogP contribution in [0.5, 0.6) is 0 Å². The van der Waals surface area contributed by atoms with Crippen molar-refractivity contribution in [1.29, 1.82) is 0 Å². The van der Waals surface area contributed by atoms with E-state index in [0.29, 0.717) is 0 Å². The molecule has 0 aliphatic heterocycles. The first-order chi connectivity index (χ1) is 10.9. The Morgan fingerprint density at radius 1 is 1.26 bits per heavy atom. The Morgan fingerprint density at radius 3 is 2.52 bits per heavy atom. The molecule has 0 bridgehead atoms. The zero-order valence-electron chi connectivity index (χ0n) is 12.9. The van der Waals surface area contributed by atoms with Crippen molar-refractivity contribution in [2.24, 2.45) is 0 Å². The Bertz CT molecular complexity index is 770. The van der Waals surface area contributed by atoms with Gasteiger partial charge < -0.3 is 4.90 Å². The summed E-state index contributed by atoms with van der Waals surface area (Å²) in [5.74, 6) is -0.302. The first-order valence-electron chi connectivity index (χ1n) is 7.05. The van der Waals surface area contributed by atoms with Gasteiger partial charge in [-0.05, 0) is 12.5 Å². The minimum absolute atomic E-state index is 0.168. The van der Waals surface area contributed by atoms with Crippen molar-refractivity contribution in [2.75, 3.05) is 7.05 Å². The van der Waals surface area contributed by atoms with Crippen molar-refractivity contribution in [1.82, 2.24) is 9.47 Å². The molecule has 0 radical (unpaired) electrons. The molecule has 1 aromatic carbocycles. The summed E-state index contributed by atoms with van der Waals surface area (Å²) in [4.78, 5) is 35.8.